The molecular weight excluding hydrogens is 262 g/mol. The number of carbonyl (C=O) groups is 1. The Labute approximate surface area is 127 Å². The Balaban J connectivity index is 2.08. The molecule has 116 valence electrons. The highest BCUT2D eigenvalue weighted by molar-refractivity contribution is 5.76. The van der Waals surface area contributed by atoms with E-state index in [1.165, 1.54) is 11.3 Å². The maximum atomic E-state index is 11.9. The molecule has 1 heterocycles. The molecule has 2 rings (SSSR count). The van der Waals surface area contributed by atoms with Gasteiger partial charge in [-0.15, -0.1) is 0 Å². The number of rotatable bonds is 3. The van der Waals surface area contributed by atoms with Crippen LogP contribution in [0.15, 0.2) is 24.3 Å². The molecule has 0 aliphatic carbocycles. The van der Waals surface area contributed by atoms with Crippen molar-refractivity contribution in [2.45, 2.75) is 32.6 Å². The Morgan fingerprint density at radius 2 is 1.76 bits per heavy atom. The van der Waals surface area contributed by atoms with Crippen molar-refractivity contribution in [2.75, 3.05) is 37.6 Å². The van der Waals surface area contributed by atoms with E-state index in [4.69, 9.17) is 5.73 Å². The number of carbonyl (C=O) groups excluding carboxylic acids is 1. The number of hydrogen-bond donors (Lipinski definition) is 1. The van der Waals surface area contributed by atoms with Crippen molar-refractivity contribution in [1.82, 2.24) is 4.90 Å². The lowest BCUT2D eigenvalue weighted by atomic mass is 9.85. The van der Waals surface area contributed by atoms with Crippen molar-refractivity contribution < 1.29 is 4.79 Å². The van der Waals surface area contributed by atoms with E-state index in [0.29, 0.717) is 13.0 Å². The summed E-state index contributed by atoms with van der Waals surface area (Å²) >= 11 is 0. The third-order valence-electron chi connectivity index (χ3n) is 4.04. The normalized spacial score (nSPS) is 16.2. The summed E-state index contributed by atoms with van der Waals surface area (Å²) in [6.07, 6.45) is 0.457. The minimum atomic E-state index is 0.128. The summed E-state index contributed by atoms with van der Waals surface area (Å²) < 4.78 is 0. The lowest BCUT2D eigenvalue weighted by molar-refractivity contribution is -0.131. The summed E-state index contributed by atoms with van der Waals surface area (Å²) in [4.78, 5) is 16.2. The summed E-state index contributed by atoms with van der Waals surface area (Å²) in [6, 6.07) is 8.60. The lowest BCUT2D eigenvalue weighted by Crippen LogP contribution is -2.49. The fourth-order valence-electron chi connectivity index (χ4n) is 2.86. The van der Waals surface area contributed by atoms with Gasteiger partial charge in [-0.1, -0.05) is 39.0 Å². The van der Waals surface area contributed by atoms with E-state index in [1.54, 1.807) is 0 Å². The first-order chi connectivity index (χ1) is 9.93. The van der Waals surface area contributed by atoms with E-state index >= 15 is 0 Å². The summed E-state index contributed by atoms with van der Waals surface area (Å²) in [7, 11) is 0. The lowest BCUT2D eigenvalue weighted by Gasteiger charge is -2.38. The van der Waals surface area contributed by atoms with Crippen molar-refractivity contribution >= 4 is 11.6 Å². The Hall–Kier alpha value is -1.55. The maximum absolute atomic E-state index is 11.9. The molecule has 0 atom stereocenters. The van der Waals surface area contributed by atoms with Crippen LogP contribution in [-0.4, -0.2) is 43.5 Å². The van der Waals surface area contributed by atoms with Gasteiger partial charge in [-0.2, -0.15) is 0 Å². The Kier molecular flexibility index (Phi) is 4.88. The molecular formula is C17H27N3O. The Bertz CT molecular complexity index is 485. The highest BCUT2D eigenvalue weighted by atomic mass is 16.2. The van der Waals surface area contributed by atoms with Crippen LogP contribution in [0.25, 0.3) is 0 Å². The number of benzene rings is 1. The minimum absolute atomic E-state index is 0.128. The van der Waals surface area contributed by atoms with Crippen LogP contribution in [0, 0.1) is 0 Å². The molecule has 1 aliphatic heterocycles. The first-order valence-corrected chi connectivity index (χ1v) is 7.76. The second-order valence-corrected chi connectivity index (χ2v) is 6.67. The molecule has 1 aromatic rings. The van der Waals surface area contributed by atoms with E-state index in [9.17, 15) is 4.79 Å². The summed E-state index contributed by atoms with van der Waals surface area (Å²) in [5.41, 5.74) is 8.26. The predicted molar refractivity (Wildman–Crippen MR) is 87.6 cm³/mol. The van der Waals surface area contributed by atoms with E-state index in [-0.39, 0.29) is 11.3 Å². The molecule has 21 heavy (non-hydrogen) atoms. The van der Waals surface area contributed by atoms with Crippen LogP contribution in [0.2, 0.25) is 0 Å². The van der Waals surface area contributed by atoms with Crippen LogP contribution < -0.4 is 10.6 Å². The van der Waals surface area contributed by atoms with Crippen LogP contribution in [0.4, 0.5) is 5.69 Å². The van der Waals surface area contributed by atoms with Crippen LogP contribution in [-0.2, 0) is 10.2 Å². The third-order valence-corrected chi connectivity index (χ3v) is 4.04. The molecule has 1 amide bonds. The number of nitrogens with zero attached hydrogens (tertiary/aromatic N) is 2. The monoisotopic (exact) mass is 289 g/mol. The minimum Gasteiger partial charge on any atom is -0.368 e. The molecule has 4 heteroatoms. The Morgan fingerprint density at radius 3 is 2.33 bits per heavy atom. The highest BCUT2D eigenvalue weighted by Crippen LogP contribution is 2.32. The van der Waals surface area contributed by atoms with Gasteiger partial charge in [0.05, 0.1) is 0 Å². The highest BCUT2D eigenvalue weighted by Gasteiger charge is 2.25. The fourth-order valence-corrected chi connectivity index (χ4v) is 2.86. The fraction of sp³-hybridized carbons (Fsp3) is 0.588. The predicted octanol–water partition coefficient (Wildman–Crippen LogP) is 1.98. The quantitative estimate of drug-likeness (QED) is 0.925. The molecule has 0 radical (unpaired) electrons. The van der Waals surface area contributed by atoms with Crippen LogP contribution in [0.1, 0.15) is 32.8 Å². The van der Waals surface area contributed by atoms with Crippen molar-refractivity contribution in [3.05, 3.63) is 29.8 Å². The smallest absolute Gasteiger partial charge is 0.223 e. The number of hydrogen-bond acceptors (Lipinski definition) is 3. The second-order valence-electron chi connectivity index (χ2n) is 6.67. The number of amides is 1. The zero-order valence-electron chi connectivity index (χ0n) is 13.4. The standard InChI is InChI=1S/C17H27N3O/c1-17(2,3)14-6-4-5-7-15(14)19-10-12-20(13-11-19)16(21)8-9-18/h4-7H,8-13,18H2,1-3H3. The van der Waals surface area contributed by atoms with Crippen molar-refractivity contribution in [3.8, 4) is 0 Å². The molecule has 0 saturated carbocycles. The molecule has 0 bridgehead atoms. The molecule has 1 fully saturated rings. The van der Waals surface area contributed by atoms with Gasteiger partial charge in [0.25, 0.3) is 0 Å². The first-order valence-electron chi connectivity index (χ1n) is 7.76. The first kappa shape index (κ1) is 15.8. The largest absolute Gasteiger partial charge is 0.368 e. The van der Waals surface area contributed by atoms with Gasteiger partial charge in [0.15, 0.2) is 0 Å². The third kappa shape index (κ3) is 3.76. The van der Waals surface area contributed by atoms with Crippen molar-refractivity contribution in [1.29, 1.82) is 0 Å². The van der Waals surface area contributed by atoms with Gasteiger partial charge < -0.3 is 15.5 Å². The van der Waals surface area contributed by atoms with Crippen molar-refractivity contribution in [2.24, 2.45) is 5.73 Å². The van der Waals surface area contributed by atoms with Gasteiger partial charge in [0.1, 0.15) is 0 Å². The molecule has 0 unspecified atom stereocenters. The average molecular weight is 289 g/mol. The molecule has 2 N–H and O–H groups in total. The maximum Gasteiger partial charge on any atom is 0.223 e. The van der Waals surface area contributed by atoms with Crippen LogP contribution >= 0.6 is 0 Å². The zero-order chi connectivity index (χ0) is 15.5. The molecule has 1 aromatic carbocycles. The van der Waals surface area contributed by atoms with Gasteiger partial charge >= 0.3 is 0 Å². The topological polar surface area (TPSA) is 49.6 Å². The summed E-state index contributed by atoms with van der Waals surface area (Å²) in [6.45, 7) is 10.5. The second kappa shape index (κ2) is 6.48. The number of piperazine rings is 1. The van der Waals surface area contributed by atoms with E-state index in [1.807, 2.05) is 4.90 Å². The van der Waals surface area contributed by atoms with E-state index in [2.05, 4.69) is 49.9 Å². The van der Waals surface area contributed by atoms with Gasteiger partial charge in [-0.05, 0) is 17.0 Å². The molecule has 4 nitrogen and oxygen atoms in total. The van der Waals surface area contributed by atoms with E-state index in [0.717, 1.165) is 26.2 Å². The molecule has 0 aromatic heterocycles. The number of para-hydroxylation sites is 1. The summed E-state index contributed by atoms with van der Waals surface area (Å²) in [5, 5.41) is 0. The SMILES string of the molecule is CC(C)(C)c1ccccc1N1CCN(C(=O)CCN)CC1. The summed E-state index contributed by atoms with van der Waals surface area (Å²) in [5.74, 6) is 0.182. The molecule has 0 spiro atoms. The van der Waals surface area contributed by atoms with Gasteiger partial charge in [-0.3, -0.25) is 4.79 Å². The van der Waals surface area contributed by atoms with Gasteiger partial charge in [0, 0.05) is 44.8 Å². The van der Waals surface area contributed by atoms with Crippen LogP contribution in [0.5, 0.6) is 0 Å². The molecule has 1 saturated heterocycles. The van der Waals surface area contributed by atoms with Gasteiger partial charge in [0.2, 0.25) is 5.91 Å². The zero-order valence-corrected chi connectivity index (χ0v) is 13.4. The molecule has 1 aliphatic rings. The van der Waals surface area contributed by atoms with Gasteiger partial charge in [-0.25, -0.2) is 0 Å². The van der Waals surface area contributed by atoms with E-state index < -0.39 is 0 Å². The average Bonchev–Trinajstić information content (AvgIpc) is 2.47. The number of anilines is 1. The van der Waals surface area contributed by atoms with Crippen LogP contribution in [0.3, 0.4) is 0 Å². The Morgan fingerprint density at radius 1 is 1.14 bits per heavy atom. The number of nitrogens with two attached hydrogens (primary N) is 1. The van der Waals surface area contributed by atoms with Crippen molar-refractivity contribution in [3.63, 3.8) is 0 Å².